The largest absolute Gasteiger partial charge is 0.371 e. The van der Waals surface area contributed by atoms with Gasteiger partial charge in [-0.25, -0.2) is 0 Å². The van der Waals surface area contributed by atoms with Crippen LogP contribution in [0.3, 0.4) is 0 Å². The highest BCUT2D eigenvalue weighted by molar-refractivity contribution is 5.47. The van der Waals surface area contributed by atoms with E-state index in [1.165, 1.54) is 63.2 Å². The Labute approximate surface area is 123 Å². The fourth-order valence-electron chi connectivity index (χ4n) is 3.54. The molecule has 0 amide bonds. The average molecular weight is 273 g/mol. The van der Waals surface area contributed by atoms with Gasteiger partial charge >= 0.3 is 0 Å². The van der Waals surface area contributed by atoms with Gasteiger partial charge < -0.3 is 9.80 Å². The smallest absolute Gasteiger partial charge is 0.0456 e. The van der Waals surface area contributed by atoms with Crippen molar-refractivity contribution in [3.05, 3.63) is 24.0 Å². The molecule has 0 spiro atoms. The maximum absolute atomic E-state index is 4.66. The second-order valence-electron chi connectivity index (χ2n) is 6.54. The summed E-state index contributed by atoms with van der Waals surface area (Å²) in [6.45, 7) is 9.47. The van der Waals surface area contributed by atoms with Crippen molar-refractivity contribution in [2.75, 3.05) is 31.1 Å². The molecule has 110 valence electrons. The highest BCUT2D eigenvalue weighted by Gasteiger charge is 2.23. The third kappa shape index (κ3) is 2.98. The van der Waals surface area contributed by atoms with Crippen LogP contribution in [0.2, 0.25) is 0 Å². The summed E-state index contributed by atoms with van der Waals surface area (Å²) in [7, 11) is 0. The molecule has 1 aromatic rings. The van der Waals surface area contributed by atoms with Crippen molar-refractivity contribution < 1.29 is 0 Å². The van der Waals surface area contributed by atoms with Crippen molar-refractivity contribution in [1.29, 1.82) is 0 Å². The van der Waals surface area contributed by atoms with Crippen LogP contribution in [0.15, 0.2) is 18.3 Å². The maximum Gasteiger partial charge on any atom is 0.0456 e. The summed E-state index contributed by atoms with van der Waals surface area (Å²) in [6, 6.07) is 5.21. The molecule has 20 heavy (non-hydrogen) atoms. The van der Waals surface area contributed by atoms with Crippen molar-refractivity contribution in [2.45, 2.75) is 51.5 Å². The first-order valence-corrected chi connectivity index (χ1v) is 8.19. The van der Waals surface area contributed by atoms with E-state index in [2.05, 4.69) is 40.8 Å². The van der Waals surface area contributed by atoms with Gasteiger partial charge in [0.25, 0.3) is 0 Å². The lowest BCUT2D eigenvalue weighted by Gasteiger charge is -2.34. The first-order chi connectivity index (χ1) is 9.74. The second kappa shape index (κ2) is 6.13. The summed E-state index contributed by atoms with van der Waals surface area (Å²) >= 11 is 0. The Bertz CT molecular complexity index is 430. The highest BCUT2D eigenvalue weighted by Crippen LogP contribution is 2.30. The number of aromatic nitrogens is 1. The van der Waals surface area contributed by atoms with Gasteiger partial charge in [-0.15, -0.1) is 0 Å². The molecule has 3 nitrogen and oxygen atoms in total. The Balaban J connectivity index is 1.67. The van der Waals surface area contributed by atoms with Crippen LogP contribution in [0.1, 0.15) is 51.1 Å². The molecule has 0 aromatic carbocycles. The van der Waals surface area contributed by atoms with Crippen LogP contribution in [0.5, 0.6) is 0 Å². The van der Waals surface area contributed by atoms with Crippen molar-refractivity contribution >= 4 is 5.69 Å². The molecule has 0 atom stereocenters. The molecule has 3 heterocycles. The number of pyridine rings is 1. The first-order valence-electron chi connectivity index (χ1n) is 8.19. The Hall–Kier alpha value is -1.09. The molecule has 0 aliphatic carbocycles. The molecule has 0 unspecified atom stereocenters. The summed E-state index contributed by atoms with van der Waals surface area (Å²) in [6.07, 6.45) is 7.20. The summed E-state index contributed by atoms with van der Waals surface area (Å²) in [5.41, 5.74) is 2.71. The molecule has 0 N–H and O–H groups in total. The number of hydrogen-bond acceptors (Lipinski definition) is 3. The highest BCUT2D eigenvalue weighted by atomic mass is 15.2. The molecular weight excluding hydrogens is 246 g/mol. The van der Waals surface area contributed by atoms with E-state index in [1.54, 1.807) is 0 Å². The molecule has 0 saturated carbocycles. The zero-order chi connectivity index (χ0) is 13.9. The van der Waals surface area contributed by atoms with E-state index in [0.717, 1.165) is 0 Å². The zero-order valence-corrected chi connectivity index (χ0v) is 12.9. The minimum atomic E-state index is 0.660. The SMILES string of the molecule is CC(C)N1CCC(c2cc(N3CCCC3)ccn2)CC1. The monoisotopic (exact) mass is 273 g/mol. The van der Waals surface area contributed by atoms with Crippen molar-refractivity contribution in [3.8, 4) is 0 Å². The molecule has 3 rings (SSSR count). The van der Waals surface area contributed by atoms with Crippen LogP contribution in [0, 0.1) is 0 Å². The van der Waals surface area contributed by atoms with Crippen LogP contribution < -0.4 is 4.90 Å². The van der Waals surface area contributed by atoms with Gasteiger partial charge in [0.1, 0.15) is 0 Å². The number of hydrogen-bond donors (Lipinski definition) is 0. The molecule has 2 aliphatic heterocycles. The number of nitrogens with zero attached hydrogens (tertiary/aromatic N) is 3. The van der Waals surface area contributed by atoms with Gasteiger partial charge in [-0.3, -0.25) is 4.98 Å². The lowest BCUT2D eigenvalue weighted by Crippen LogP contribution is -2.38. The van der Waals surface area contributed by atoms with E-state index in [0.29, 0.717) is 12.0 Å². The third-order valence-electron chi connectivity index (χ3n) is 4.91. The van der Waals surface area contributed by atoms with Crippen LogP contribution >= 0.6 is 0 Å². The van der Waals surface area contributed by atoms with Gasteiger partial charge in [-0.1, -0.05) is 0 Å². The number of anilines is 1. The topological polar surface area (TPSA) is 19.4 Å². The summed E-state index contributed by atoms with van der Waals surface area (Å²) in [4.78, 5) is 9.75. The van der Waals surface area contributed by atoms with Crippen molar-refractivity contribution in [2.24, 2.45) is 0 Å². The Kier molecular flexibility index (Phi) is 4.25. The lowest BCUT2D eigenvalue weighted by atomic mass is 9.92. The quantitative estimate of drug-likeness (QED) is 0.842. The zero-order valence-electron chi connectivity index (χ0n) is 12.9. The number of piperidine rings is 1. The van der Waals surface area contributed by atoms with E-state index >= 15 is 0 Å². The summed E-state index contributed by atoms with van der Waals surface area (Å²) in [5.74, 6) is 0.660. The van der Waals surface area contributed by atoms with E-state index in [-0.39, 0.29) is 0 Å². The lowest BCUT2D eigenvalue weighted by molar-refractivity contribution is 0.171. The molecule has 2 saturated heterocycles. The Morgan fingerprint density at radius 1 is 1.10 bits per heavy atom. The van der Waals surface area contributed by atoms with Gasteiger partial charge in [-0.2, -0.15) is 0 Å². The molecule has 2 aliphatic rings. The van der Waals surface area contributed by atoms with Crippen LogP contribution in [0.25, 0.3) is 0 Å². The predicted octanol–water partition coefficient (Wildman–Crippen LogP) is 3.27. The van der Waals surface area contributed by atoms with Crippen LogP contribution in [-0.2, 0) is 0 Å². The van der Waals surface area contributed by atoms with Gasteiger partial charge in [0, 0.05) is 42.6 Å². The number of likely N-dealkylation sites (tertiary alicyclic amines) is 1. The average Bonchev–Trinajstić information content (AvgIpc) is 3.02. The van der Waals surface area contributed by atoms with E-state index < -0.39 is 0 Å². The van der Waals surface area contributed by atoms with Gasteiger partial charge in [0.05, 0.1) is 0 Å². The summed E-state index contributed by atoms with van der Waals surface area (Å²) in [5, 5.41) is 0. The van der Waals surface area contributed by atoms with E-state index in [4.69, 9.17) is 0 Å². The molecule has 2 fully saturated rings. The van der Waals surface area contributed by atoms with Gasteiger partial charge in [-0.05, 0) is 64.8 Å². The molecular formula is C17H27N3. The standard InChI is InChI=1S/C17H27N3/c1-14(2)19-11-6-15(7-12-19)17-13-16(5-8-18-17)20-9-3-4-10-20/h5,8,13-15H,3-4,6-7,9-12H2,1-2H3. The second-order valence-corrected chi connectivity index (χ2v) is 6.54. The van der Waals surface area contributed by atoms with Gasteiger partial charge in [0.2, 0.25) is 0 Å². The van der Waals surface area contributed by atoms with Crippen LogP contribution in [-0.4, -0.2) is 42.1 Å². The minimum Gasteiger partial charge on any atom is -0.371 e. The van der Waals surface area contributed by atoms with E-state index in [1.807, 2.05) is 6.20 Å². The minimum absolute atomic E-state index is 0.660. The fraction of sp³-hybridized carbons (Fsp3) is 0.706. The fourth-order valence-corrected chi connectivity index (χ4v) is 3.54. The van der Waals surface area contributed by atoms with Crippen molar-refractivity contribution in [1.82, 2.24) is 9.88 Å². The Morgan fingerprint density at radius 2 is 1.80 bits per heavy atom. The summed E-state index contributed by atoms with van der Waals surface area (Å²) < 4.78 is 0. The number of rotatable bonds is 3. The first kappa shape index (κ1) is 13.9. The molecule has 3 heteroatoms. The predicted molar refractivity (Wildman–Crippen MR) is 84.4 cm³/mol. The molecule has 0 bridgehead atoms. The van der Waals surface area contributed by atoms with Crippen molar-refractivity contribution in [3.63, 3.8) is 0 Å². The van der Waals surface area contributed by atoms with Gasteiger partial charge in [0.15, 0.2) is 0 Å². The Morgan fingerprint density at radius 3 is 2.45 bits per heavy atom. The molecule has 0 radical (unpaired) electrons. The maximum atomic E-state index is 4.66. The molecule has 1 aromatic heterocycles. The third-order valence-corrected chi connectivity index (χ3v) is 4.91. The van der Waals surface area contributed by atoms with Crippen LogP contribution in [0.4, 0.5) is 5.69 Å². The normalized spacial score (nSPS) is 21.9. The van der Waals surface area contributed by atoms with E-state index in [9.17, 15) is 0 Å².